The molecular formula is C14H20O2. The van der Waals surface area contributed by atoms with Crippen LogP contribution < -0.4 is 4.74 Å². The van der Waals surface area contributed by atoms with Crippen molar-refractivity contribution in [2.45, 2.75) is 46.5 Å². The molecule has 0 aromatic heterocycles. The van der Waals surface area contributed by atoms with Gasteiger partial charge in [0, 0.05) is 6.92 Å². The minimum Gasteiger partial charge on any atom is -0.426 e. The first kappa shape index (κ1) is 12.8. The minimum atomic E-state index is -0.248. The van der Waals surface area contributed by atoms with Crippen molar-refractivity contribution in [2.75, 3.05) is 0 Å². The second-order valence-corrected chi connectivity index (χ2v) is 4.16. The Hall–Kier alpha value is -1.31. The summed E-state index contributed by atoms with van der Waals surface area (Å²) in [6, 6.07) is 6.06. The zero-order valence-electron chi connectivity index (χ0n) is 10.4. The van der Waals surface area contributed by atoms with E-state index < -0.39 is 0 Å². The molecule has 0 saturated carbocycles. The van der Waals surface area contributed by atoms with Crippen LogP contribution in [-0.2, 0) is 11.2 Å². The molecule has 0 amide bonds. The number of unbranched alkanes of at least 4 members (excludes halogenated alkanes) is 2. The van der Waals surface area contributed by atoms with Crippen molar-refractivity contribution in [3.05, 3.63) is 29.3 Å². The molecule has 1 aromatic rings. The van der Waals surface area contributed by atoms with Crippen molar-refractivity contribution in [2.24, 2.45) is 0 Å². The molecule has 2 heteroatoms. The lowest BCUT2D eigenvalue weighted by Gasteiger charge is -2.09. The van der Waals surface area contributed by atoms with E-state index in [0.29, 0.717) is 0 Å². The van der Waals surface area contributed by atoms with Crippen LogP contribution in [0, 0.1) is 6.92 Å². The van der Waals surface area contributed by atoms with E-state index in [9.17, 15) is 4.79 Å². The number of rotatable bonds is 5. The van der Waals surface area contributed by atoms with Gasteiger partial charge in [0.25, 0.3) is 0 Å². The number of ether oxygens (including phenoxy) is 1. The smallest absolute Gasteiger partial charge is 0.308 e. The number of carbonyl (C=O) groups is 1. The van der Waals surface area contributed by atoms with Crippen molar-refractivity contribution in [1.82, 2.24) is 0 Å². The van der Waals surface area contributed by atoms with Crippen LogP contribution in [0.1, 0.15) is 44.2 Å². The molecule has 0 aliphatic heterocycles. The van der Waals surface area contributed by atoms with E-state index >= 15 is 0 Å². The van der Waals surface area contributed by atoms with Gasteiger partial charge < -0.3 is 4.74 Å². The van der Waals surface area contributed by atoms with Gasteiger partial charge >= 0.3 is 5.97 Å². The molecule has 88 valence electrons. The maximum atomic E-state index is 11.0. The molecule has 1 aromatic carbocycles. The van der Waals surface area contributed by atoms with E-state index in [1.807, 2.05) is 13.0 Å². The van der Waals surface area contributed by atoms with E-state index in [2.05, 4.69) is 19.1 Å². The van der Waals surface area contributed by atoms with Crippen LogP contribution in [0.3, 0.4) is 0 Å². The fourth-order valence-electron chi connectivity index (χ4n) is 1.68. The summed E-state index contributed by atoms with van der Waals surface area (Å²) >= 11 is 0. The summed E-state index contributed by atoms with van der Waals surface area (Å²) in [5.41, 5.74) is 2.25. The van der Waals surface area contributed by atoms with Gasteiger partial charge in [0.15, 0.2) is 0 Å². The number of hydrogen-bond acceptors (Lipinski definition) is 2. The summed E-state index contributed by atoms with van der Waals surface area (Å²) < 4.78 is 5.22. The van der Waals surface area contributed by atoms with Gasteiger partial charge in [0.2, 0.25) is 0 Å². The highest BCUT2D eigenvalue weighted by Gasteiger charge is 2.06. The van der Waals surface area contributed by atoms with Gasteiger partial charge in [-0.15, -0.1) is 0 Å². The van der Waals surface area contributed by atoms with Crippen molar-refractivity contribution in [1.29, 1.82) is 0 Å². The lowest BCUT2D eigenvalue weighted by Crippen LogP contribution is -2.04. The number of aryl methyl sites for hydroxylation is 2. The summed E-state index contributed by atoms with van der Waals surface area (Å²) in [6.45, 7) is 5.63. The fraction of sp³-hybridized carbons (Fsp3) is 0.500. The van der Waals surface area contributed by atoms with Gasteiger partial charge in [0.1, 0.15) is 5.75 Å². The second-order valence-electron chi connectivity index (χ2n) is 4.16. The molecular weight excluding hydrogens is 200 g/mol. The highest BCUT2D eigenvalue weighted by atomic mass is 16.5. The molecule has 0 aliphatic rings. The van der Waals surface area contributed by atoms with Gasteiger partial charge in [-0.05, 0) is 37.0 Å². The quantitative estimate of drug-likeness (QED) is 0.430. The van der Waals surface area contributed by atoms with Crippen molar-refractivity contribution < 1.29 is 9.53 Å². The fourth-order valence-corrected chi connectivity index (χ4v) is 1.68. The standard InChI is InChI=1S/C14H20O2/c1-4-5-6-7-13-9-8-11(2)10-14(13)16-12(3)15/h8-10H,4-7H2,1-3H3. The first-order valence-corrected chi connectivity index (χ1v) is 5.91. The minimum absolute atomic E-state index is 0.248. The molecule has 16 heavy (non-hydrogen) atoms. The van der Waals surface area contributed by atoms with Gasteiger partial charge in [-0.3, -0.25) is 4.79 Å². The Morgan fingerprint density at radius 3 is 2.69 bits per heavy atom. The van der Waals surface area contributed by atoms with Crippen LogP contribution >= 0.6 is 0 Å². The second kappa shape index (κ2) is 6.31. The van der Waals surface area contributed by atoms with Crippen LogP contribution in [0.2, 0.25) is 0 Å². The van der Waals surface area contributed by atoms with Crippen LogP contribution in [0.25, 0.3) is 0 Å². The lowest BCUT2D eigenvalue weighted by molar-refractivity contribution is -0.131. The molecule has 0 spiro atoms. The molecule has 0 heterocycles. The predicted molar refractivity (Wildman–Crippen MR) is 65.7 cm³/mol. The molecule has 0 N–H and O–H groups in total. The Labute approximate surface area is 97.6 Å². The Kier molecular flexibility index (Phi) is 5.03. The molecule has 0 saturated heterocycles. The SMILES string of the molecule is CCCCCc1ccc(C)cc1OC(C)=O. The van der Waals surface area contributed by atoms with Crippen LogP contribution in [0.15, 0.2) is 18.2 Å². The van der Waals surface area contributed by atoms with E-state index in [1.54, 1.807) is 0 Å². The summed E-state index contributed by atoms with van der Waals surface area (Å²) in [7, 11) is 0. The Bertz CT molecular complexity index is 356. The van der Waals surface area contributed by atoms with Crippen molar-refractivity contribution in [3.63, 3.8) is 0 Å². The van der Waals surface area contributed by atoms with Gasteiger partial charge in [-0.1, -0.05) is 31.9 Å². The highest BCUT2D eigenvalue weighted by molar-refractivity contribution is 5.69. The van der Waals surface area contributed by atoms with E-state index in [0.717, 1.165) is 29.7 Å². The maximum Gasteiger partial charge on any atom is 0.308 e. The number of carbonyl (C=O) groups excluding carboxylic acids is 1. The Balaban J connectivity index is 2.76. The molecule has 1 rings (SSSR count). The van der Waals surface area contributed by atoms with Gasteiger partial charge in [0.05, 0.1) is 0 Å². The summed E-state index contributed by atoms with van der Waals surface area (Å²) in [6.07, 6.45) is 4.55. The summed E-state index contributed by atoms with van der Waals surface area (Å²) in [5, 5.41) is 0. The third-order valence-corrected chi connectivity index (χ3v) is 2.53. The van der Waals surface area contributed by atoms with Crippen LogP contribution in [0.4, 0.5) is 0 Å². The topological polar surface area (TPSA) is 26.3 Å². The first-order valence-electron chi connectivity index (χ1n) is 5.91. The molecule has 0 aliphatic carbocycles. The molecule has 0 atom stereocenters. The third kappa shape index (κ3) is 4.05. The summed E-state index contributed by atoms with van der Waals surface area (Å²) in [4.78, 5) is 11.0. The lowest BCUT2D eigenvalue weighted by atomic mass is 10.0. The molecule has 0 fully saturated rings. The average Bonchev–Trinajstić information content (AvgIpc) is 2.20. The monoisotopic (exact) mass is 220 g/mol. The number of benzene rings is 1. The van der Waals surface area contributed by atoms with Crippen LogP contribution in [0.5, 0.6) is 5.75 Å². The van der Waals surface area contributed by atoms with E-state index in [4.69, 9.17) is 4.74 Å². The normalized spacial score (nSPS) is 10.2. The van der Waals surface area contributed by atoms with E-state index in [1.165, 1.54) is 19.8 Å². The predicted octanol–water partition coefficient (Wildman–Crippen LogP) is 3.65. The van der Waals surface area contributed by atoms with Gasteiger partial charge in [-0.2, -0.15) is 0 Å². The summed E-state index contributed by atoms with van der Waals surface area (Å²) in [5.74, 6) is 0.478. The van der Waals surface area contributed by atoms with Gasteiger partial charge in [-0.25, -0.2) is 0 Å². The zero-order valence-corrected chi connectivity index (χ0v) is 10.4. The maximum absolute atomic E-state index is 11.0. The highest BCUT2D eigenvalue weighted by Crippen LogP contribution is 2.22. The van der Waals surface area contributed by atoms with Crippen molar-refractivity contribution in [3.8, 4) is 5.75 Å². The van der Waals surface area contributed by atoms with Crippen LogP contribution in [-0.4, -0.2) is 5.97 Å². The molecule has 0 bridgehead atoms. The Morgan fingerprint density at radius 1 is 1.31 bits per heavy atom. The third-order valence-electron chi connectivity index (χ3n) is 2.53. The largest absolute Gasteiger partial charge is 0.426 e. The number of esters is 1. The first-order chi connectivity index (χ1) is 7.63. The zero-order chi connectivity index (χ0) is 12.0. The average molecular weight is 220 g/mol. The molecule has 0 unspecified atom stereocenters. The molecule has 0 radical (unpaired) electrons. The Morgan fingerprint density at radius 2 is 2.06 bits per heavy atom. The van der Waals surface area contributed by atoms with Crippen molar-refractivity contribution >= 4 is 5.97 Å². The number of hydrogen-bond donors (Lipinski definition) is 0. The molecule has 2 nitrogen and oxygen atoms in total. The van der Waals surface area contributed by atoms with E-state index in [-0.39, 0.29) is 5.97 Å².